The number of hydrogen-bond donors (Lipinski definition) is 0. The van der Waals surface area contributed by atoms with Crippen molar-refractivity contribution in [1.29, 1.82) is 0 Å². The molecule has 5 heteroatoms. The molecule has 0 aliphatic carbocycles. The summed E-state index contributed by atoms with van der Waals surface area (Å²) in [5.74, 6) is 1.64. The molecule has 0 fully saturated rings. The molecule has 0 amide bonds. The molecule has 0 N–H and O–H groups in total. The molecule has 0 atom stereocenters. The molecule has 0 saturated heterocycles. The predicted molar refractivity (Wildman–Crippen MR) is 69.5 cm³/mol. The van der Waals surface area contributed by atoms with Crippen LogP contribution in [0.3, 0.4) is 0 Å². The van der Waals surface area contributed by atoms with Crippen LogP contribution in [0.5, 0.6) is 5.75 Å². The number of ether oxygens (including phenoxy) is 1. The van der Waals surface area contributed by atoms with E-state index in [0.717, 1.165) is 22.7 Å². The molecule has 18 heavy (non-hydrogen) atoms. The van der Waals surface area contributed by atoms with Crippen LogP contribution >= 0.6 is 0 Å². The zero-order chi connectivity index (χ0) is 13.3. The molecule has 1 aromatic heterocycles. The fourth-order valence-corrected chi connectivity index (χ4v) is 1.91. The summed E-state index contributed by atoms with van der Waals surface area (Å²) in [6.45, 7) is 6.47. The third-order valence-corrected chi connectivity index (χ3v) is 2.89. The van der Waals surface area contributed by atoms with Gasteiger partial charge in [0.1, 0.15) is 5.75 Å². The second-order valence-corrected chi connectivity index (χ2v) is 5.29. The minimum absolute atomic E-state index is 0.00732. The number of benzene rings is 1. The maximum Gasteiger partial charge on any atom is 0.181 e. The van der Waals surface area contributed by atoms with E-state index in [9.17, 15) is 0 Å². The smallest absolute Gasteiger partial charge is 0.181 e. The number of methoxy groups -OCH3 is 1. The van der Waals surface area contributed by atoms with Crippen LogP contribution in [0, 0.1) is 0 Å². The van der Waals surface area contributed by atoms with Crippen molar-refractivity contribution >= 4 is 0 Å². The van der Waals surface area contributed by atoms with Gasteiger partial charge in [-0.15, -0.1) is 5.10 Å². The highest BCUT2D eigenvalue weighted by Gasteiger charge is 2.20. The quantitative estimate of drug-likeness (QED) is 0.815. The van der Waals surface area contributed by atoms with E-state index in [-0.39, 0.29) is 5.41 Å². The van der Waals surface area contributed by atoms with Crippen molar-refractivity contribution in [3.8, 4) is 17.1 Å². The van der Waals surface area contributed by atoms with E-state index in [1.165, 1.54) is 0 Å². The summed E-state index contributed by atoms with van der Waals surface area (Å²) in [4.78, 5) is 0. The zero-order valence-corrected chi connectivity index (χ0v) is 11.4. The van der Waals surface area contributed by atoms with Crippen LogP contribution in [-0.2, 0) is 12.5 Å². The number of aromatic nitrogens is 4. The Morgan fingerprint density at radius 2 is 1.94 bits per heavy atom. The Morgan fingerprint density at radius 3 is 2.44 bits per heavy atom. The van der Waals surface area contributed by atoms with Gasteiger partial charge in [0.15, 0.2) is 5.82 Å². The van der Waals surface area contributed by atoms with Gasteiger partial charge in [0, 0.05) is 18.2 Å². The summed E-state index contributed by atoms with van der Waals surface area (Å²) in [6.07, 6.45) is 0. The molecule has 1 aromatic carbocycles. The molecule has 5 nitrogen and oxygen atoms in total. The number of rotatable bonds is 2. The molecule has 0 spiro atoms. The third-order valence-electron chi connectivity index (χ3n) is 2.89. The van der Waals surface area contributed by atoms with Crippen molar-refractivity contribution in [2.24, 2.45) is 7.05 Å². The molecule has 0 saturated carbocycles. The highest BCUT2D eigenvalue weighted by atomic mass is 16.5. The van der Waals surface area contributed by atoms with Gasteiger partial charge in [-0.2, -0.15) is 0 Å². The van der Waals surface area contributed by atoms with E-state index in [0.29, 0.717) is 0 Å². The van der Waals surface area contributed by atoms with Crippen molar-refractivity contribution in [3.63, 3.8) is 0 Å². The molecule has 0 radical (unpaired) electrons. The zero-order valence-electron chi connectivity index (χ0n) is 11.4. The lowest BCUT2D eigenvalue weighted by Crippen LogP contribution is -2.13. The van der Waals surface area contributed by atoms with Gasteiger partial charge in [0.2, 0.25) is 0 Å². The summed E-state index contributed by atoms with van der Waals surface area (Å²) in [5, 5.41) is 11.5. The number of tetrazole rings is 1. The van der Waals surface area contributed by atoms with E-state index in [1.807, 2.05) is 19.2 Å². The third kappa shape index (κ3) is 2.20. The van der Waals surface area contributed by atoms with Gasteiger partial charge < -0.3 is 4.74 Å². The van der Waals surface area contributed by atoms with Gasteiger partial charge in [0.25, 0.3) is 0 Å². The van der Waals surface area contributed by atoms with Crippen LogP contribution in [-0.4, -0.2) is 27.3 Å². The lowest BCUT2D eigenvalue weighted by Gasteiger charge is -2.22. The van der Waals surface area contributed by atoms with Gasteiger partial charge in [0.05, 0.1) is 7.11 Å². The SMILES string of the molecule is COc1ccc(-c2nnnn2C)cc1C(C)(C)C. The summed E-state index contributed by atoms with van der Waals surface area (Å²) in [5.41, 5.74) is 2.15. The number of hydrogen-bond acceptors (Lipinski definition) is 4. The van der Waals surface area contributed by atoms with Gasteiger partial charge in [-0.25, -0.2) is 4.68 Å². The maximum atomic E-state index is 5.42. The summed E-state index contributed by atoms with van der Waals surface area (Å²) >= 11 is 0. The highest BCUT2D eigenvalue weighted by Crippen LogP contribution is 2.34. The minimum Gasteiger partial charge on any atom is -0.496 e. The van der Waals surface area contributed by atoms with Crippen molar-refractivity contribution in [1.82, 2.24) is 20.2 Å². The van der Waals surface area contributed by atoms with Gasteiger partial charge >= 0.3 is 0 Å². The Kier molecular flexibility index (Phi) is 3.07. The van der Waals surface area contributed by atoms with Crippen LogP contribution in [0.1, 0.15) is 26.3 Å². The Bertz CT molecular complexity index is 554. The minimum atomic E-state index is 0.00732. The largest absolute Gasteiger partial charge is 0.496 e. The lowest BCUT2D eigenvalue weighted by molar-refractivity contribution is 0.397. The molecular weight excluding hydrogens is 228 g/mol. The Hall–Kier alpha value is -1.91. The monoisotopic (exact) mass is 246 g/mol. The molecule has 0 aliphatic rings. The van der Waals surface area contributed by atoms with E-state index in [1.54, 1.807) is 11.8 Å². The van der Waals surface area contributed by atoms with Gasteiger partial charge in [-0.3, -0.25) is 0 Å². The van der Waals surface area contributed by atoms with Crippen molar-refractivity contribution in [2.75, 3.05) is 7.11 Å². The van der Waals surface area contributed by atoms with Crippen molar-refractivity contribution < 1.29 is 4.74 Å². The molecule has 2 aromatic rings. The molecule has 1 heterocycles. The first-order chi connectivity index (χ1) is 8.43. The fraction of sp³-hybridized carbons (Fsp3) is 0.462. The molecule has 0 bridgehead atoms. The molecule has 0 unspecified atom stereocenters. The number of nitrogens with zero attached hydrogens (tertiary/aromatic N) is 4. The van der Waals surface area contributed by atoms with Crippen molar-refractivity contribution in [2.45, 2.75) is 26.2 Å². The second-order valence-electron chi connectivity index (χ2n) is 5.29. The van der Waals surface area contributed by atoms with E-state index in [4.69, 9.17) is 4.74 Å². The predicted octanol–water partition coefficient (Wildman–Crippen LogP) is 2.18. The topological polar surface area (TPSA) is 52.8 Å². The first-order valence-electron chi connectivity index (χ1n) is 5.84. The Morgan fingerprint density at radius 1 is 1.22 bits per heavy atom. The lowest BCUT2D eigenvalue weighted by atomic mass is 9.85. The molecular formula is C13H18N4O. The molecule has 96 valence electrons. The average Bonchev–Trinajstić information content (AvgIpc) is 2.73. The fourth-order valence-electron chi connectivity index (χ4n) is 1.91. The van der Waals surface area contributed by atoms with Crippen LogP contribution < -0.4 is 4.74 Å². The number of aryl methyl sites for hydroxylation is 1. The van der Waals surface area contributed by atoms with E-state index < -0.39 is 0 Å². The van der Waals surface area contributed by atoms with E-state index >= 15 is 0 Å². The molecule has 2 rings (SSSR count). The van der Waals surface area contributed by atoms with E-state index in [2.05, 4.69) is 42.4 Å². The normalized spacial score (nSPS) is 11.6. The Balaban J connectivity index is 2.57. The highest BCUT2D eigenvalue weighted by molar-refractivity contribution is 5.59. The maximum absolute atomic E-state index is 5.42. The molecule has 0 aliphatic heterocycles. The van der Waals surface area contributed by atoms with Crippen LogP contribution in [0.15, 0.2) is 18.2 Å². The summed E-state index contributed by atoms with van der Waals surface area (Å²) < 4.78 is 7.08. The first kappa shape index (κ1) is 12.5. The summed E-state index contributed by atoms with van der Waals surface area (Å²) in [7, 11) is 3.52. The first-order valence-corrected chi connectivity index (χ1v) is 5.84. The van der Waals surface area contributed by atoms with Crippen LogP contribution in [0.4, 0.5) is 0 Å². The van der Waals surface area contributed by atoms with Gasteiger partial charge in [-0.05, 0) is 34.0 Å². The van der Waals surface area contributed by atoms with Crippen LogP contribution in [0.2, 0.25) is 0 Å². The Labute approximate surface area is 107 Å². The standard InChI is InChI=1S/C13H18N4O/c1-13(2,3)10-8-9(6-7-11(10)18-5)12-14-15-16-17(12)4/h6-8H,1-5H3. The average molecular weight is 246 g/mol. The van der Waals surface area contributed by atoms with Crippen LogP contribution in [0.25, 0.3) is 11.4 Å². The second kappa shape index (κ2) is 4.40. The van der Waals surface area contributed by atoms with Crippen molar-refractivity contribution in [3.05, 3.63) is 23.8 Å². The van der Waals surface area contributed by atoms with Gasteiger partial charge in [-0.1, -0.05) is 20.8 Å². The summed E-state index contributed by atoms with van der Waals surface area (Å²) in [6, 6.07) is 6.02.